The molecular weight excluding hydrogens is 308 g/mol. The van der Waals surface area contributed by atoms with E-state index in [-0.39, 0.29) is 0 Å². The molecule has 23 heavy (non-hydrogen) atoms. The van der Waals surface area contributed by atoms with Gasteiger partial charge in [0.15, 0.2) is 0 Å². The quantitative estimate of drug-likeness (QED) is 0.809. The number of nitrogens with one attached hydrogen (secondary N) is 2. The van der Waals surface area contributed by atoms with Crippen LogP contribution in [-0.2, 0) is 12.8 Å². The number of aryl methyl sites for hydroxylation is 1. The van der Waals surface area contributed by atoms with E-state index in [4.69, 9.17) is 11.6 Å². The molecule has 118 valence electrons. The van der Waals surface area contributed by atoms with Crippen molar-refractivity contribution in [1.29, 1.82) is 0 Å². The number of rotatable bonds is 2. The van der Waals surface area contributed by atoms with Gasteiger partial charge in [-0.2, -0.15) is 0 Å². The number of hydrogen-bond acceptors (Lipinski definition) is 4. The van der Waals surface area contributed by atoms with E-state index in [0.29, 0.717) is 5.28 Å². The maximum Gasteiger partial charge on any atom is 0.224 e. The van der Waals surface area contributed by atoms with Gasteiger partial charge in [-0.25, -0.2) is 9.97 Å². The van der Waals surface area contributed by atoms with Crippen LogP contribution in [0.2, 0.25) is 5.28 Å². The molecule has 0 unspecified atom stereocenters. The molecule has 0 bridgehead atoms. The van der Waals surface area contributed by atoms with E-state index >= 15 is 0 Å². The van der Waals surface area contributed by atoms with E-state index < -0.39 is 0 Å². The highest BCUT2D eigenvalue weighted by Crippen LogP contribution is 2.34. The molecule has 0 fully saturated rings. The molecule has 0 spiro atoms. The highest BCUT2D eigenvalue weighted by molar-refractivity contribution is 6.28. The standard InChI is InChI=1S/C18H19ClN4/c1-11-10-20-14-8-4-2-6-12(14)16(11)22-17-13-7-3-5-9-15(13)21-18(19)23-17/h2,4,6,8,20H,3,5,7,9-10H2,1H3,(H,21,22,23). The predicted octanol–water partition coefficient (Wildman–Crippen LogP) is 4.28. The molecule has 1 aliphatic heterocycles. The molecule has 5 heteroatoms. The molecule has 4 rings (SSSR count). The highest BCUT2D eigenvalue weighted by atomic mass is 35.5. The Labute approximate surface area is 141 Å². The summed E-state index contributed by atoms with van der Waals surface area (Å²) in [7, 11) is 0. The van der Waals surface area contributed by atoms with Gasteiger partial charge in [-0.1, -0.05) is 18.2 Å². The van der Waals surface area contributed by atoms with Gasteiger partial charge >= 0.3 is 0 Å². The molecule has 0 radical (unpaired) electrons. The Morgan fingerprint density at radius 1 is 1.13 bits per heavy atom. The summed E-state index contributed by atoms with van der Waals surface area (Å²) >= 11 is 6.15. The van der Waals surface area contributed by atoms with Crippen molar-refractivity contribution in [3.63, 3.8) is 0 Å². The zero-order valence-corrected chi connectivity index (χ0v) is 13.9. The van der Waals surface area contributed by atoms with Crippen molar-refractivity contribution in [3.8, 4) is 0 Å². The predicted molar refractivity (Wildman–Crippen MR) is 94.8 cm³/mol. The van der Waals surface area contributed by atoms with Gasteiger partial charge in [0.1, 0.15) is 5.82 Å². The van der Waals surface area contributed by atoms with E-state index in [9.17, 15) is 0 Å². The number of fused-ring (bicyclic) bond motifs is 2. The average molecular weight is 327 g/mol. The fraction of sp³-hybridized carbons (Fsp3) is 0.333. The van der Waals surface area contributed by atoms with Crippen molar-refractivity contribution in [2.75, 3.05) is 17.2 Å². The first-order valence-electron chi connectivity index (χ1n) is 8.07. The van der Waals surface area contributed by atoms with Gasteiger partial charge in [0.05, 0.1) is 5.69 Å². The third-order valence-electron chi connectivity index (χ3n) is 4.57. The minimum absolute atomic E-state index is 0.327. The Morgan fingerprint density at radius 2 is 1.96 bits per heavy atom. The van der Waals surface area contributed by atoms with Crippen molar-refractivity contribution in [1.82, 2.24) is 9.97 Å². The Hall–Kier alpha value is -2.07. The number of benzene rings is 1. The van der Waals surface area contributed by atoms with Crippen LogP contribution in [0, 0.1) is 0 Å². The van der Waals surface area contributed by atoms with Gasteiger partial charge in [-0.3, -0.25) is 0 Å². The lowest BCUT2D eigenvalue weighted by molar-refractivity contribution is 0.664. The second kappa shape index (κ2) is 5.85. The molecule has 2 aromatic rings. The van der Waals surface area contributed by atoms with Crippen molar-refractivity contribution >= 4 is 28.8 Å². The lowest BCUT2D eigenvalue weighted by Gasteiger charge is -2.26. The van der Waals surface area contributed by atoms with Crippen LogP contribution in [0.1, 0.15) is 36.6 Å². The Kier molecular flexibility index (Phi) is 3.69. The summed E-state index contributed by atoms with van der Waals surface area (Å²) in [6.45, 7) is 2.97. The average Bonchev–Trinajstić information content (AvgIpc) is 2.57. The first kappa shape index (κ1) is 14.5. The number of nitrogens with zero attached hydrogens (tertiary/aromatic N) is 2. The van der Waals surface area contributed by atoms with Crippen LogP contribution < -0.4 is 10.6 Å². The number of hydrogen-bond donors (Lipinski definition) is 2. The lowest BCUT2D eigenvalue weighted by atomic mass is 9.95. The molecule has 1 aromatic heterocycles. The monoisotopic (exact) mass is 326 g/mol. The van der Waals surface area contributed by atoms with Crippen molar-refractivity contribution in [2.24, 2.45) is 0 Å². The topological polar surface area (TPSA) is 49.8 Å². The van der Waals surface area contributed by atoms with Gasteiger partial charge in [0.2, 0.25) is 5.28 Å². The molecule has 2 aliphatic rings. The number of halogens is 1. The number of anilines is 2. The fourth-order valence-corrected chi connectivity index (χ4v) is 3.55. The van der Waals surface area contributed by atoms with Crippen LogP contribution in [0.4, 0.5) is 11.5 Å². The van der Waals surface area contributed by atoms with Crippen LogP contribution in [0.3, 0.4) is 0 Å². The summed E-state index contributed by atoms with van der Waals surface area (Å²) in [5.74, 6) is 0.866. The molecule has 4 nitrogen and oxygen atoms in total. The van der Waals surface area contributed by atoms with Crippen molar-refractivity contribution in [2.45, 2.75) is 32.6 Å². The molecular formula is C18H19ClN4. The molecule has 0 saturated heterocycles. The summed E-state index contributed by atoms with van der Waals surface area (Å²) in [6, 6.07) is 8.34. The third kappa shape index (κ3) is 2.68. The molecule has 0 saturated carbocycles. The largest absolute Gasteiger partial charge is 0.381 e. The molecule has 1 aliphatic carbocycles. The van der Waals surface area contributed by atoms with Gasteiger partial charge in [-0.05, 0) is 55.8 Å². The SMILES string of the molecule is CC1=C(Nc2nc(Cl)nc3c2CCCC3)c2ccccc2NC1. The summed E-state index contributed by atoms with van der Waals surface area (Å²) in [5.41, 5.74) is 7.03. The molecule has 2 N–H and O–H groups in total. The van der Waals surface area contributed by atoms with Crippen molar-refractivity contribution in [3.05, 3.63) is 51.9 Å². The van der Waals surface area contributed by atoms with Crippen LogP contribution in [0.15, 0.2) is 29.8 Å². The van der Waals surface area contributed by atoms with E-state index in [2.05, 4.69) is 45.7 Å². The first-order valence-corrected chi connectivity index (χ1v) is 8.45. The lowest BCUT2D eigenvalue weighted by Crippen LogP contribution is -2.18. The van der Waals surface area contributed by atoms with Crippen LogP contribution >= 0.6 is 11.6 Å². The summed E-state index contributed by atoms with van der Waals surface area (Å²) in [6.07, 6.45) is 4.36. The summed E-state index contributed by atoms with van der Waals surface area (Å²) < 4.78 is 0. The summed E-state index contributed by atoms with van der Waals surface area (Å²) in [5, 5.41) is 7.33. The van der Waals surface area contributed by atoms with Crippen LogP contribution in [-0.4, -0.2) is 16.5 Å². The Morgan fingerprint density at radius 3 is 2.87 bits per heavy atom. The van der Waals surface area contributed by atoms with E-state index in [1.54, 1.807) is 0 Å². The van der Waals surface area contributed by atoms with Gasteiger partial charge in [0.25, 0.3) is 0 Å². The summed E-state index contributed by atoms with van der Waals surface area (Å²) in [4.78, 5) is 8.89. The number of aromatic nitrogens is 2. The smallest absolute Gasteiger partial charge is 0.224 e. The van der Waals surface area contributed by atoms with E-state index in [1.807, 2.05) is 6.07 Å². The van der Waals surface area contributed by atoms with Gasteiger partial charge < -0.3 is 10.6 Å². The van der Waals surface area contributed by atoms with E-state index in [1.165, 1.54) is 29.5 Å². The van der Waals surface area contributed by atoms with E-state index in [0.717, 1.165) is 42.3 Å². The van der Waals surface area contributed by atoms with Crippen LogP contribution in [0.25, 0.3) is 5.70 Å². The molecule has 1 aromatic carbocycles. The Bertz CT molecular complexity index is 798. The minimum Gasteiger partial charge on any atom is -0.381 e. The molecule has 0 atom stereocenters. The highest BCUT2D eigenvalue weighted by Gasteiger charge is 2.21. The molecule has 2 heterocycles. The third-order valence-corrected chi connectivity index (χ3v) is 4.74. The zero-order valence-electron chi connectivity index (χ0n) is 13.1. The fourth-order valence-electron chi connectivity index (χ4n) is 3.36. The zero-order chi connectivity index (χ0) is 15.8. The minimum atomic E-state index is 0.327. The number of para-hydroxylation sites is 1. The maximum atomic E-state index is 6.15. The normalized spacial score (nSPS) is 16.4. The van der Waals surface area contributed by atoms with Crippen molar-refractivity contribution < 1.29 is 0 Å². The van der Waals surface area contributed by atoms with Gasteiger partial charge in [0, 0.05) is 29.1 Å². The second-order valence-electron chi connectivity index (χ2n) is 6.15. The van der Waals surface area contributed by atoms with Gasteiger partial charge in [-0.15, -0.1) is 0 Å². The maximum absolute atomic E-state index is 6.15. The van der Waals surface area contributed by atoms with Crippen LogP contribution in [0.5, 0.6) is 0 Å². The second-order valence-corrected chi connectivity index (χ2v) is 6.49. The molecule has 0 amide bonds. The first-order chi connectivity index (χ1) is 11.2. The Balaban J connectivity index is 1.77.